The molecule has 0 saturated carbocycles. The molecule has 0 aliphatic heterocycles. The van der Waals surface area contributed by atoms with Crippen LogP contribution in [-0.2, 0) is 0 Å². The van der Waals surface area contributed by atoms with Crippen molar-refractivity contribution in [2.75, 3.05) is 5.43 Å². The average molecular weight is 374 g/mol. The Morgan fingerprint density at radius 3 is 2.36 bits per heavy atom. The van der Waals surface area contributed by atoms with Gasteiger partial charge in [0.2, 0.25) is 0 Å². The van der Waals surface area contributed by atoms with Gasteiger partial charge in [-0.25, -0.2) is 18.7 Å². The number of hydrogen-bond acceptors (Lipinski definition) is 4. The van der Waals surface area contributed by atoms with E-state index < -0.39 is 5.82 Å². The molecule has 0 fully saturated rings. The third-order valence-corrected chi connectivity index (χ3v) is 4.31. The van der Waals surface area contributed by atoms with Gasteiger partial charge in [-0.15, -0.1) is 0 Å². The lowest BCUT2D eigenvalue weighted by atomic mass is 10.1. The van der Waals surface area contributed by atoms with Crippen molar-refractivity contribution < 1.29 is 8.78 Å². The fraction of sp³-hybridized carbons (Fsp3) is 0.0455. The molecule has 6 heteroatoms. The van der Waals surface area contributed by atoms with Gasteiger partial charge in [0.15, 0.2) is 11.6 Å². The molecule has 4 rings (SSSR count). The highest BCUT2D eigenvalue weighted by Gasteiger charge is 2.12. The number of anilines is 1. The van der Waals surface area contributed by atoms with Gasteiger partial charge in [-0.1, -0.05) is 36.4 Å². The number of hydrogen-bond donors (Lipinski definition) is 1. The van der Waals surface area contributed by atoms with Gasteiger partial charge >= 0.3 is 0 Å². The lowest BCUT2D eigenvalue weighted by Crippen LogP contribution is -2.03. The van der Waals surface area contributed by atoms with E-state index in [1.807, 2.05) is 24.3 Å². The maximum absolute atomic E-state index is 14.2. The number of hydrazone groups is 1. The van der Waals surface area contributed by atoms with E-state index in [4.69, 9.17) is 0 Å². The van der Waals surface area contributed by atoms with E-state index in [0.29, 0.717) is 22.6 Å². The van der Waals surface area contributed by atoms with Crippen molar-refractivity contribution in [1.82, 2.24) is 9.97 Å². The summed E-state index contributed by atoms with van der Waals surface area (Å²) in [6.45, 7) is 1.81. The minimum atomic E-state index is -0.394. The maximum atomic E-state index is 14.2. The van der Waals surface area contributed by atoms with Gasteiger partial charge in [-0.2, -0.15) is 5.10 Å². The summed E-state index contributed by atoms with van der Waals surface area (Å²) in [6.07, 6.45) is 0. The zero-order chi connectivity index (χ0) is 19.5. The van der Waals surface area contributed by atoms with E-state index in [2.05, 4.69) is 20.5 Å². The molecule has 138 valence electrons. The van der Waals surface area contributed by atoms with Gasteiger partial charge in [0.05, 0.1) is 16.8 Å². The fourth-order valence-electron chi connectivity index (χ4n) is 2.82. The van der Waals surface area contributed by atoms with Gasteiger partial charge in [0.1, 0.15) is 11.6 Å². The first-order valence-corrected chi connectivity index (χ1v) is 8.70. The number of halogens is 2. The molecule has 0 amide bonds. The second-order valence-corrected chi connectivity index (χ2v) is 6.21. The molecule has 1 heterocycles. The van der Waals surface area contributed by atoms with E-state index in [1.54, 1.807) is 37.3 Å². The van der Waals surface area contributed by atoms with Crippen LogP contribution in [0.4, 0.5) is 14.6 Å². The van der Waals surface area contributed by atoms with Crippen LogP contribution in [0.5, 0.6) is 0 Å². The lowest BCUT2D eigenvalue weighted by Gasteiger charge is -2.09. The Morgan fingerprint density at radius 1 is 0.857 bits per heavy atom. The maximum Gasteiger partial charge on any atom is 0.165 e. The molecule has 0 spiro atoms. The van der Waals surface area contributed by atoms with E-state index >= 15 is 0 Å². The predicted molar refractivity (Wildman–Crippen MR) is 107 cm³/mol. The van der Waals surface area contributed by atoms with E-state index in [9.17, 15) is 8.78 Å². The smallest absolute Gasteiger partial charge is 0.165 e. The lowest BCUT2D eigenvalue weighted by molar-refractivity contribution is 0.627. The van der Waals surface area contributed by atoms with Gasteiger partial charge in [0.25, 0.3) is 0 Å². The third-order valence-electron chi connectivity index (χ3n) is 4.31. The Labute approximate surface area is 160 Å². The summed E-state index contributed by atoms with van der Waals surface area (Å²) >= 11 is 0. The summed E-state index contributed by atoms with van der Waals surface area (Å²) in [6, 6.07) is 19.9. The van der Waals surface area contributed by atoms with E-state index in [0.717, 1.165) is 10.9 Å². The van der Waals surface area contributed by atoms with Crippen molar-refractivity contribution in [3.05, 3.63) is 90.0 Å². The minimum Gasteiger partial charge on any atom is -0.260 e. The summed E-state index contributed by atoms with van der Waals surface area (Å²) in [5, 5.41) is 5.12. The standard InChI is InChI=1S/C22H16F2N4/c1-14(15-10-12-16(23)13-11-15)27-28-22-18-7-3-5-9-20(18)25-21(26-22)17-6-2-4-8-19(17)24/h2-13H,1H3,(H,25,26,28). The van der Waals surface area contributed by atoms with Crippen molar-refractivity contribution in [2.45, 2.75) is 6.92 Å². The highest BCUT2D eigenvalue weighted by Crippen LogP contribution is 2.26. The predicted octanol–water partition coefficient (Wildman–Crippen LogP) is 5.41. The SMILES string of the molecule is CC(=NNc1nc(-c2ccccc2F)nc2ccccc12)c1ccc(F)cc1. The highest BCUT2D eigenvalue weighted by atomic mass is 19.1. The highest BCUT2D eigenvalue weighted by molar-refractivity contribution is 5.99. The van der Waals surface area contributed by atoms with Gasteiger partial charge in [-0.05, 0) is 48.9 Å². The van der Waals surface area contributed by atoms with Gasteiger partial charge in [0, 0.05) is 5.39 Å². The number of rotatable bonds is 4. The zero-order valence-electron chi connectivity index (χ0n) is 15.0. The second-order valence-electron chi connectivity index (χ2n) is 6.21. The van der Waals surface area contributed by atoms with Crippen LogP contribution in [0.15, 0.2) is 77.9 Å². The molecule has 0 radical (unpaired) electrons. The molecule has 0 bridgehead atoms. The number of fused-ring (bicyclic) bond motifs is 1. The molecule has 3 aromatic carbocycles. The first-order chi connectivity index (χ1) is 13.6. The van der Waals surface area contributed by atoms with Crippen LogP contribution < -0.4 is 5.43 Å². The number of aromatic nitrogens is 2. The van der Waals surface area contributed by atoms with Crippen LogP contribution in [0.3, 0.4) is 0 Å². The van der Waals surface area contributed by atoms with Crippen molar-refractivity contribution >= 4 is 22.4 Å². The molecule has 1 N–H and O–H groups in total. The van der Waals surface area contributed by atoms with Crippen LogP contribution in [0, 0.1) is 11.6 Å². The molecule has 0 aliphatic rings. The quantitative estimate of drug-likeness (QED) is 0.384. The molecule has 0 saturated heterocycles. The first kappa shape index (κ1) is 17.7. The molecule has 0 unspecified atom stereocenters. The van der Waals surface area contributed by atoms with Crippen LogP contribution in [0.1, 0.15) is 12.5 Å². The normalized spacial score (nSPS) is 11.6. The van der Waals surface area contributed by atoms with Crippen LogP contribution in [0.2, 0.25) is 0 Å². The van der Waals surface area contributed by atoms with Crippen molar-refractivity contribution in [1.29, 1.82) is 0 Å². The fourth-order valence-corrected chi connectivity index (χ4v) is 2.82. The Bertz CT molecular complexity index is 1170. The molecule has 0 atom stereocenters. The number of nitrogens with one attached hydrogen (secondary N) is 1. The summed E-state index contributed by atoms with van der Waals surface area (Å²) in [4.78, 5) is 8.96. The summed E-state index contributed by atoms with van der Waals surface area (Å²) < 4.78 is 27.3. The summed E-state index contributed by atoms with van der Waals surface area (Å²) in [5.41, 5.74) is 5.38. The number of para-hydroxylation sites is 1. The molecule has 4 aromatic rings. The topological polar surface area (TPSA) is 50.2 Å². The molecule has 0 aliphatic carbocycles. The summed E-state index contributed by atoms with van der Waals surface area (Å²) in [5.74, 6) is 0.0369. The van der Waals surface area contributed by atoms with Crippen molar-refractivity contribution in [3.63, 3.8) is 0 Å². The zero-order valence-corrected chi connectivity index (χ0v) is 15.0. The van der Waals surface area contributed by atoms with Crippen LogP contribution >= 0.6 is 0 Å². The average Bonchev–Trinajstić information content (AvgIpc) is 2.72. The number of benzene rings is 3. The largest absolute Gasteiger partial charge is 0.260 e. The Kier molecular flexibility index (Phi) is 4.76. The molecular weight excluding hydrogens is 358 g/mol. The van der Waals surface area contributed by atoms with Crippen LogP contribution in [0.25, 0.3) is 22.3 Å². The third kappa shape index (κ3) is 3.57. The van der Waals surface area contributed by atoms with Crippen molar-refractivity contribution in [3.8, 4) is 11.4 Å². The molecule has 4 nitrogen and oxygen atoms in total. The van der Waals surface area contributed by atoms with E-state index in [-0.39, 0.29) is 11.6 Å². The second kappa shape index (κ2) is 7.52. The Hall–Kier alpha value is -3.67. The Balaban J connectivity index is 1.76. The molecule has 1 aromatic heterocycles. The van der Waals surface area contributed by atoms with Crippen LogP contribution in [-0.4, -0.2) is 15.7 Å². The van der Waals surface area contributed by atoms with Gasteiger partial charge in [-0.3, -0.25) is 5.43 Å². The molecular formula is C22H16F2N4. The van der Waals surface area contributed by atoms with Gasteiger partial charge < -0.3 is 0 Å². The molecule has 28 heavy (non-hydrogen) atoms. The monoisotopic (exact) mass is 374 g/mol. The summed E-state index contributed by atoms with van der Waals surface area (Å²) in [7, 11) is 0. The minimum absolute atomic E-state index is 0.272. The Morgan fingerprint density at radius 2 is 1.57 bits per heavy atom. The number of nitrogens with zero attached hydrogens (tertiary/aromatic N) is 3. The van der Waals surface area contributed by atoms with Crippen molar-refractivity contribution in [2.24, 2.45) is 5.10 Å². The first-order valence-electron chi connectivity index (χ1n) is 8.70. The van der Waals surface area contributed by atoms with E-state index in [1.165, 1.54) is 18.2 Å².